The molecule has 2 N–H and O–H groups in total. The first kappa shape index (κ1) is 24.8. The fourth-order valence-electron chi connectivity index (χ4n) is 3.28. The molecule has 0 fully saturated rings. The Morgan fingerprint density at radius 2 is 1.00 bits per heavy atom. The molecule has 0 heterocycles. The zero-order chi connectivity index (χ0) is 25.0. The van der Waals surface area contributed by atoms with Crippen LogP contribution in [0.4, 0.5) is 39.5 Å². The van der Waals surface area contributed by atoms with E-state index in [1.165, 1.54) is 0 Å². The van der Waals surface area contributed by atoms with Crippen LogP contribution in [-0.4, -0.2) is 20.8 Å². The van der Waals surface area contributed by atoms with Crippen molar-refractivity contribution in [3.05, 3.63) is 77.4 Å². The average molecular weight is 501 g/mol. The number of benzene rings is 2. The summed E-state index contributed by atoms with van der Waals surface area (Å²) in [5.41, 5.74) is -7.34. The number of hydrogen-bond donors (Lipinski definition) is 1. The van der Waals surface area contributed by atoms with Gasteiger partial charge in [0, 0.05) is 0 Å². The molecule has 1 aliphatic carbocycles. The van der Waals surface area contributed by atoms with E-state index in [1.54, 1.807) is 0 Å². The molecule has 0 aromatic heterocycles. The van der Waals surface area contributed by atoms with Crippen LogP contribution >= 0.6 is 0 Å². The van der Waals surface area contributed by atoms with Gasteiger partial charge in [-0.15, -0.1) is 0 Å². The van der Waals surface area contributed by atoms with Crippen molar-refractivity contribution in [1.82, 2.24) is 0 Å². The van der Waals surface area contributed by atoms with E-state index in [0.717, 1.165) is 36.4 Å². The van der Waals surface area contributed by atoms with Crippen LogP contribution in [0, 0.1) is 5.41 Å². The van der Waals surface area contributed by atoms with Gasteiger partial charge in [0.1, 0.15) is 0 Å². The van der Waals surface area contributed by atoms with Crippen LogP contribution in [0.2, 0.25) is 0 Å². The third-order valence-electron chi connectivity index (χ3n) is 4.99. The SMILES string of the molecule is NS(=O)(=O)c1ccc(C2=CC(C(F)(F)F)(C(F)(F)F)C=C2c2ccc(C(F)(F)F)cc2)cc1. The van der Waals surface area contributed by atoms with E-state index in [-0.39, 0.29) is 23.3 Å². The van der Waals surface area contributed by atoms with Gasteiger partial charge in [-0.25, -0.2) is 13.6 Å². The minimum absolute atomic E-state index is 0.0774. The zero-order valence-electron chi connectivity index (χ0n) is 16.0. The van der Waals surface area contributed by atoms with Crippen LogP contribution in [-0.2, 0) is 16.2 Å². The Morgan fingerprint density at radius 3 is 1.30 bits per heavy atom. The van der Waals surface area contributed by atoms with Crippen molar-refractivity contribution in [2.24, 2.45) is 10.6 Å². The van der Waals surface area contributed by atoms with Crippen molar-refractivity contribution in [2.45, 2.75) is 23.4 Å². The summed E-state index contributed by atoms with van der Waals surface area (Å²) >= 11 is 0. The summed E-state index contributed by atoms with van der Waals surface area (Å²) in [6, 6.07) is 6.24. The second-order valence-electron chi connectivity index (χ2n) is 7.13. The summed E-state index contributed by atoms with van der Waals surface area (Å²) in [5.74, 6) is 0. The Bertz CT molecular complexity index is 1200. The molecule has 2 aromatic rings. The maximum Gasteiger partial charge on any atom is 0.416 e. The highest BCUT2D eigenvalue weighted by Crippen LogP contribution is 2.59. The van der Waals surface area contributed by atoms with Crippen LogP contribution in [0.15, 0.2) is 65.6 Å². The molecule has 0 saturated heterocycles. The molecule has 1 aliphatic rings. The number of sulfonamides is 1. The van der Waals surface area contributed by atoms with Crippen LogP contribution < -0.4 is 5.14 Å². The predicted octanol–water partition coefficient (Wildman–Crippen LogP) is 5.94. The molecule has 3 nitrogen and oxygen atoms in total. The summed E-state index contributed by atoms with van der Waals surface area (Å²) in [6.45, 7) is 0. The van der Waals surface area contributed by atoms with Gasteiger partial charge in [-0.3, -0.25) is 0 Å². The van der Waals surface area contributed by atoms with Gasteiger partial charge < -0.3 is 0 Å². The third-order valence-corrected chi connectivity index (χ3v) is 5.92. The topological polar surface area (TPSA) is 60.2 Å². The Hall–Kier alpha value is -2.80. The largest absolute Gasteiger partial charge is 0.416 e. The second kappa shape index (κ2) is 7.62. The van der Waals surface area contributed by atoms with E-state index in [0.29, 0.717) is 12.1 Å². The molecule has 13 heteroatoms. The normalized spacial score (nSPS) is 17.0. The molecular weight excluding hydrogens is 489 g/mol. The van der Waals surface area contributed by atoms with E-state index >= 15 is 0 Å². The fraction of sp³-hybridized carbons (Fsp3) is 0.200. The van der Waals surface area contributed by atoms with E-state index in [1.807, 2.05) is 0 Å². The van der Waals surface area contributed by atoms with E-state index < -0.39 is 55.6 Å². The second-order valence-corrected chi connectivity index (χ2v) is 8.69. The third kappa shape index (κ3) is 4.51. The van der Waals surface area contributed by atoms with Crippen molar-refractivity contribution in [3.8, 4) is 0 Å². The molecule has 0 radical (unpaired) electrons. The Morgan fingerprint density at radius 1 is 0.636 bits per heavy atom. The van der Waals surface area contributed by atoms with Gasteiger partial charge in [-0.05, 0) is 58.7 Å². The summed E-state index contributed by atoms with van der Waals surface area (Å²) in [5, 5.41) is 4.94. The van der Waals surface area contributed by atoms with E-state index in [2.05, 4.69) is 0 Å². The predicted molar refractivity (Wildman–Crippen MR) is 99.8 cm³/mol. The summed E-state index contributed by atoms with van der Waals surface area (Å²) in [6.07, 6.45) is -16.6. The van der Waals surface area contributed by atoms with Crippen molar-refractivity contribution >= 4 is 21.2 Å². The van der Waals surface area contributed by atoms with Crippen LogP contribution in [0.25, 0.3) is 11.1 Å². The Kier molecular flexibility index (Phi) is 5.74. The minimum Gasteiger partial charge on any atom is -0.225 e. The Labute approximate surface area is 181 Å². The smallest absolute Gasteiger partial charge is 0.225 e. The quantitative estimate of drug-likeness (QED) is 0.529. The summed E-state index contributed by atoms with van der Waals surface area (Å²) in [7, 11) is -4.20. The van der Waals surface area contributed by atoms with Gasteiger partial charge in [0.05, 0.1) is 10.5 Å². The number of rotatable bonds is 3. The number of allylic oxidation sites excluding steroid dienone is 4. The molecule has 0 saturated carbocycles. The molecule has 0 amide bonds. The molecule has 0 unspecified atom stereocenters. The number of nitrogens with two attached hydrogens (primary N) is 1. The summed E-state index contributed by atoms with van der Waals surface area (Å²) < 4.78 is 143. The lowest BCUT2D eigenvalue weighted by Crippen LogP contribution is -2.46. The fourth-order valence-corrected chi connectivity index (χ4v) is 3.80. The lowest BCUT2D eigenvalue weighted by molar-refractivity contribution is -0.301. The number of alkyl halides is 9. The van der Waals surface area contributed by atoms with Gasteiger partial charge in [0.25, 0.3) is 0 Å². The van der Waals surface area contributed by atoms with Crippen LogP contribution in [0.3, 0.4) is 0 Å². The molecule has 0 aliphatic heterocycles. The van der Waals surface area contributed by atoms with Crippen LogP contribution in [0.1, 0.15) is 16.7 Å². The highest BCUT2D eigenvalue weighted by atomic mass is 32.2. The average Bonchev–Trinajstić information content (AvgIpc) is 3.09. The van der Waals surface area contributed by atoms with Crippen molar-refractivity contribution < 1.29 is 47.9 Å². The maximum atomic E-state index is 13.7. The first-order valence-electron chi connectivity index (χ1n) is 8.77. The maximum absolute atomic E-state index is 13.7. The molecule has 33 heavy (non-hydrogen) atoms. The molecule has 0 bridgehead atoms. The van der Waals surface area contributed by atoms with Crippen molar-refractivity contribution in [3.63, 3.8) is 0 Å². The van der Waals surface area contributed by atoms with E-state index in [9.17, 15) is 47.9 Å². The molecular formula is C20H12F9NO2S. The van der Waals surface area contributed by atoms with Crippen molar-refractivity contribution in [2.75, 3.05) is 0 Å². The van der Waals surface area contributed by atoms with Gasteiger partial charge in [-0.1, -0.05) is 24.3 Å². The van der Waals surface area contributed by atoms with Gasteiger partial charge in [0.15, 0.2) is 5.41 Å². The lowest BCUT2D eigenvalue weighted by atomic mass is 9.87. The standard InChI is InChI=1S/C20H12F9NO2S/c21-18(22,23)13-5-1-11(2-6-13)15-9-17(19(24,25)26,20(27,28)29)10-16(15)12-3-7-14(8-4-12)33(30,31)32/h1-10H,(H2,30,31,32). The first-order chi connectivity index (χ1) is 14.9. The van der Waals surface area contributed by atoms with Crippen LogP contribution in [0.5, 0.6) is 0 Å². The molecule has 178 valence electrons. The van der Waals surface area contributed by atoms with Gasteiger partial charge >= 0.3 is 18.5 Å². The van der Waals surface area contributed by atoms with Crippen molar-refractivity contribution in [1.29, 1.82) is 0 Å². The molecule has 0 atom stereocenters. The number of primary sulfonamides is 1. The molecule has 2 aromatic carbocycles. The summed E-state index contributed by atoms with van der Waals surface area (Å²) in [4.78, 5) is -0.442. The highest BCUT2D eigenvalue weighted by molar-refractivity contribution is 7.89. The van der Waals surface area contributed by atoms with Gasteiger partial charge in [-0.2, -0.15) is 39.5 Å². The number of hydrogen-bond acceptors (Lipinski definition) is 2. The number of halogens is 9. The Balaban J connectivity index is 2.25. The zero-order valence-corrected chi connectivity index (χ0v) is 16.8. The van der Waals surface area contributed by atoms with E-state index in [4.69, 9.17) is 5.14 Å². The molecule has 0 spiro atoms. The van der Waals surface area contributed by atoms with Gasteiger partial charge in [0.2, 0.25) is 10.0 Å². The lowest BCUT2D eigenvalue weighted by Gasteiger charge is -2.30. The first-order valence-corrected chi connectivity index (χ1v) is 10.3. The molecule has 3 rings (SSSR count). The minimum atomic E-state index is -5.83. The monoisotopic (exact) mass is 501 g/mol. The highest BCUT2D eigenvalue weighted by Gasteiger charge is 2.70.